The Morgan fingerprint density at radius 3 is 2.61 bits per heavy atom. The molecule has 0 bridgehead atoms. The topological polar surface area (TPSA) is 47.6 Å². The molecular weight excluding hydrogens is 358 g/mol. The molecule has 1 N–H and O–H groups in total. The molecule has 2 rings (SSSR count). The molecule has 0 saturated carbocycles. The number of ether oxygens (including phenoxy) is 2. The highest BCUT2D eigenvalue weighted by Crippen LogP contribution is 2.23. The fourth-order valence-corrected chi connectivity index (χ4v) is 2.78. The number of rotatable bonds is 6. The lowest BCUT2D eigenvalue weighted by atomic mass is 10.0. The normalized spacial score (nSPS) is 11.8. The first-order valence-electron chi connectivity index (χ1n) is 7.27. The number of nitrogens with one attached hydrogen (secondary N) is 1. The molecule has 0 radical (unpaired) electrons. The van der Waals surface area contributed by atoms with Gasteiger partial charge in [-0.25, -0.2) is 0 Å². The fourth-order valence-electron chi connectivity index (χ4n) is 2.35. The summed E-state index contributed by atoms with van der Waals surface area (Å²) in [5.74, 6) is 0.465. The number of halogens is 1. The number of hydrogen-bond donors (Lipinski definition) is 1. The number of carbonyl (C=O) groups excluding carboxylic acids is 1. The van der Waals surface area contributed by atoms with Crippen molar-refractivity contribution in [2.24, 2.45) is 0 Å². The molecular formula is C18H20BrNO3. The minimum atomic E-state index is -0.190. The van der Waals surface area contributed by atoms with Gasteiger partial charge in [0, 0.05) is 18.1 Å². The predicted molar refractivity (Wildman–Crippen MR) is 94.0 cm³/mol. The SMILES string of the molecule is COc1ccc(Br)c(C(=O)NC[C@@H](OC)c2ccccc2C)c1. The first-order chi connectivity index (χ1) is 11.1. The van der Waals surface area contributed by atoms with Crippen molar-refractivity contribution in [2.45, 2.75) is 13.0 Å². The number of benzene rings is 2. The van der Waals surface area contributed by atoms with Crippen molar-refractivity contribution in [3.63, 3.8) is 0 Å². The highest BCUT2D eigenvalue weighted by Gasteiger charge is 2.16. The molecule has 0 aliphatic heterocycles. The van der Waals surface area contributed by atoms with Crippen molar-refractivity contribution in [3.8, 4) is 5.75 Å². The first-order valence-corrected chi connectivity index (χ1v) is 8.06. The van der Waals surface area contributed by atoms with E-state index in [1.807, 2.05) is 31.2 Å². The molecule has 0 spiro atoms. The van der Waals surface area contributed by atoms with E-state index >= 15 is 0 Å². The van der Waals surface area contributed by atoms with Gasteiger partial charge in [-0.2, -0.15) is 0 Å². The van der Waals surface area contributed by atoms with E-state index in [9.17, 15) is 4.79 Å². The van der Waals surface area contributed by atoms with Crippen molar-refractivity contribution >= 4 is 21.8 Å². The van der Waals surface area contributed by atoms with Crippen LogP contribution in [0.5, 0.6) is 5.75 Å². The summed E-state index contributed by atoms with van der Waals surface area (Å²) in [6.45, 7) is 2.42. The maximum atomic E-state index is 12.4. The van der Waals surface area contributed by atoms with E-state index in [1.165, 1.54) is 0 Å². The summed E-state index contributed by atoms with van der Waals surface area (Å²) in [4.78, 5) is 12.4. The van der Waals surface area contributed by atoms with Crippen molar-refractivity contribution in [3.05, 3.63) is 63.6 Å². The second-order valence-corrected chi connectivity index (χ2v) is 5.99. The van der Waals surface area contributed by atoms with Crippen molar-refractivity contribution in [1.82, 2.24) is 5.32 Å². The van der Waals surface area contributed by atoms with Gasteiger partial charge in [0.2, 0.25) is 0 Å². The van der Waals surface area contributed by atoms with Crippen LogP contribution >= 0.6 is 15.9 Å². The molecule has 0 fully saturated rings. The van der Waals surface area contributed by atoms with E-state index in [1.54, 1.807) is 32.4 Å². The van der Waals surface area contributed by atoms with Gasteiger partial charge >= 0.3 is 0 Å². The average Bonchev–Trinajstić information content (AvgIpc) is 2.57. The Balaban J connectivity index is 2.10. The molecule has 1 atom stereocenters. The molecule has 0 aromatic heterocycles. The van der Waals surface area contributed by atoms with Crippen molar-refractivity contribution in [1.29, 1.82) is 0 Å². The molecule has 0 aliphatic rings. The summed E-state index contributed by atoms with van der Waals surface area (Å²) in [5.41, 5.74) is 2.74. The average molecular weight is 378 g/mol. The fraction of sp³-hybridized carbons (Fsp3) is 0.278. The number of hydrogen-bond acceptors (Lipinski definition) is 3. The summed E-state index contributed by atoms with van der Waals surface area (Å²) >= 11 is 3.39. The summed E-state index contributed by atoms with van der Waals surface area (Å²) in [6.07, 6.45) is -0.190. The minimum Gasteiger partial charge on any atom is -0.497 e. The lowest BCUT2D eigenvalue weighted by molar-refractivity contribution is 0.0825. The van der Waals surface area contributed by atoms with Gasteiger partial charge in [-0.3, -0.25) is 4.79 Å². The van der Waals surface area contributed by atoms with Crippen LogP contribution in [0, 0.1) is 6.92 Å². The largest absolute Gasteiger partial charge is 0.497 e. The summed E-state index contributed by atoms with van der Waals surface area (Å²) in [7, 11) is 3.22. The third kappa shape index (κ3) is 4.33. The monoisotopic (exact) mass is 377 g/mol. The van der Waals surface area contributed by atoms with E-state index in [4.69, 9.17) is 9.47 Å². The molecule has 122 valence electrons. The third-order valence-electron chi connectivity index (χ3n) is 3.69. The molecule has 0 heterocycles. The van der Waals surface area contributed by atoms with Crippen molar-refractivity contribution in [2.75, 3.05) is 20.8 Å². The van der Waals surface area contributed by atoms with Gasteiger partial charge in [0.15, 0.2) is 0 Å². The molecule has 5 heteroatoms. The van der Waals surface area contributed by atoms with Crippen LogP contribution in [-0.4, -0.2) is 26.7 Å². The summed E-state index contributed by atoms with van der Waals surface area (Å²) in [6, 6.07) is 13.3. The van der Waals surface area contributed by atoms with Crippen LogP contribution in [0.1, 0.15) is 27.6 Å². The van der Waals surface area contributed by atoms with Crippen LogP contribution in [0.25, 0.3) is 0 Å². The second-order valence-electron chi connectivity index (χ2n) is 5.14. The number of aryl methyl sites for hydroxylation is 1. The molecule has 2 aromatic carbocycles. The van der Waals surface area contributed by atoms with Gasteiger partial charge in [0.05, 0.1) is 18.8 Å². The number of carbonyl (C=O) groups is 1. The Morgan fingerprint density at radius 2 is 1.96 bits per heavy atom. The molecule has 0 saturated heterocycles. The molecule has 4 nitrogen and oxygen atoms in total. The maximum absolute atomic E-state index is 12.4. The van der Waals surface area contributed by atoms with Crippen LogP contribution in [0.3, 0.4) is 0 Å². The van der Waals surface area contributed by atoms with Crippen molar-refractivity contribution < 1.29 is 14.3 Å². The third-order valence-corrected chi connectivity index (χ3v) is 4.38. The van der Waals surface area contributed by atoms with Crippen LogP contribution in [0.15, 0.2) is 46.9 Å². The van der Waals surface area contributed by atoms with E-state index < -0.39 is 0 Å². The van der Waals surface area contributed by atoms with E-state index in [-0.39, 0.29) is 12.0 Å². The molecule has 1 amide bonds. The van der Waals surface area contributed by atoms with Crippen LogP contribution in [0.2, 0.25) is 0 Å². The smallest absolute Gasteiger partial charge is 0.252 e. The van der Waals surface area contributed by atoms with Gasteiger partial charge in [-0.05, 0) is 52.2 Å². The Hall–Kier alpha value is -1.85. The zero-order chi connectivity index (χ0) is 16.8. The summed E-state index contributed by atoms with van der Waals surface area (Å²) in [5, 5.41) is 2.92. The lowest BCUT2D eigenvalue weighted by Crippen LogP contribution is -2.29. The lowest BCUT2D eigenvalue weighted by Gasteiger charge is -2.19. The van der Waals surface area contributed by atoms with Gasteiger partial charge in [0.25, 0.3) is 5.91 Å². The standard InChI is InChI=1S/C18H20BrNO3/c1-12-6-4-5-7-14(12)17(23-3)11-20-18(21)15-10-13(22-2)8-9-16(15)19/h4-10,17H,11H2,1-3H3,(H,20,21)/t17-/m1/s1. The zero-order valence-corrected chi connectivity index (χ0v) is 15.0. The highest BCUT2D eigenvalue weighted by molar-refractivity contribution is 9.10. The Morgan fingerprint density at radius 1 is 1.22 bits per heavy atom. The van der Waals surface area contributed by atoms with Gasteiger partial charge < -0.3 is 14.8 Å². The Bertz CT molecular complexity index is 688. The summed E-state index contributed by atoms with van der Waals surface area (Å²) < 4.78 is 11.4. The molecule has 2 aromatic rings. The Kier molecular flexibility index (Phi) is 6.19. The van der Waals surface area contributed by atoms with Gasteiger partial charge in [0.1, 0.15) is 5.75 Å². The first kappa shape index (κ1) is 17.5. The predicted octanol–water partition coefficient (Wildman–Crippen LogP) is 3.88. The van der Waals surface area contributed by atoms with Gasteiger partial charge in [-0.1, -0.05) is 24.3 Å². The van der Waals surface area contributed by atoms with Gasteiger partial charge in [-0.15, -0.1) is 0 Å². The Labute approximate surface area is 144 Å². The van der Waals surface area contributed by atoms with E-state index in [0.717, 1.165) is 15.6 Å². The highest BCUT2D eigenvalue weighted by atomic mass is 79.9. The quantitative estimate of drug-likeness (QED) is 0.830. The zero-order valence-electron chi connectivity index (χ0n) is 13.4. The maximum Gasteiger partial charge on any atom is 0.252 e. The van der Waals surface area contributed by atoms with E-state index in [0.29, 0.717) is 17.9 Å². The molecule has 0 unspecified atom stereocenters. The van der Waals surface area contributed by atoms with Crippen LogP contribution < -0.4 is 10.1 Å². The molecule has 23 heavy (non-hydrogen) atoms. The number of methoxy groups -OCH3 is 2. The second kappa shape index (κ2) is 8.13. The van der Waals surface area contributed by atoms with Crippen LogP contribution in [-0.2, 0) is 4.74 Å². The minimum absolute atomic E-state index is 0.175. The number of amides is 1. The van der Waals surface area contributed by atoms with E-state index in [2.05, 4.69) is 21.2 Å². The van der Waals surface area contributed by atoms with Crippen LogP contribution in [0.4, 0.5) is 0 Å². The molecule has 0 aliphatic carbocycles.